The number of hydrogen-bond donors (Lipinski definition) is 3. The maximum Gasteiger partial charge on any atom is 0.323 e. The van der Waals surface area contributed by atoms with Crippen LogP contribution in [-0.4, -0.2) is 53.6 Å². The van der Waals surface area contributed by atoms with Crippen LogP contribution in [0.4, 0.5) is 4.79 Å². The standard InChI is InChI=1S/C10H19N3O4/c1-10(2,3)12-7(14)5-11-9(17)13(4)6-8(15)16/h5-6H2,1-4H3,(H,11,17)(H,12,14)(H,15,16). The molecule has 0 aliphatic rings. The molecule has 0 aliphatic heterocycles. The van der Waals surface area contributed by atoms with Gasteiger partial charge < -0.3 is 20.6 Å². The molecule has 0 spiro atoms. The Morgan fingerprint density at radius 3 is 2.18 bits per heavy atom. The molecule has 3 amide bonds. The molecular formula is C10H19N3O4. The number of carbonyl (C=O) groups is 3. The minimum Gasteiger partial charge on any atom is -0.480 e. The molecule has 0 saturated carbocycles. The fourth-order valence-corrected chi connectivity index (χ4v) is 1.03. The van der Waals surface area contributed by atoms with Crippen molar-refractivity contribution in [1.82, 2.24) is 15.5 Å². The van der Waals surface area contributed by atoms with Gasteiger partial charge in [-0.2, -0.15) is 0 Å². The third-order valence-corrected chi connectivity index (χ3v) is 1.63. The fraction of sp³-hybridized carbons (Fsp3) is 0.700. The van der Waals surface area contributed by atoms with E-state index >= 15 is 0 Å². The van der Waals surface area contributed by atoms with Gasteiger partial charge in [0.15, 0.2) is 0 Å². The summed E-state index contributed by atoms with van der Waals surface area (Å²) in [7, 11) is 1.34. The van der Waals surface area contributed by atoms with E-state index in [1.54, 1.807) is 0 Å². The van der Waals surface area contributed by atoms with Gasteiger partial charge in [0, 0.05) is 12.6 Å². The number of carboxylic acid groups (broad SMARTS) is 1. The van der Waals surface area contributed by atoms with Gasteiger partial charge in [-0.3, -0.25) is 9.59 Å². The number of rotatable bonds is 4. The third-order valence-electron chi connectivity index (χ3n) is 1.63. The molecule has 7 nitrogen and oxygen atoms in total. The Hall–Kier alpha value is -1.79. The number of hydrogen-bond acceptors (Lipinski definition) is 3. The number of urea groups is 1. The van der Waals surface area contributed by atoms with Gasteiger partial charge >= 0.3 is 12.0 Å². The lowest BCUT2D eigenvalue weighted by molar-refractivity contribution is -0.137. The highest BCUT2D eigenvalue weighted by Gasteiger charge is 2.16. The molecule has 0 aromatic rings. The van der Waals surface area contributed by atoms with Crippen LogP contribution in [0.5, 0.6) is 0 Å². The van der Waals surface area contributed by atoms with Crippen LogP contribution < -0.4 is 10.6 Å². The summed E-state index contributed by atoms with van der Waals surface area (Å²) in [6.45, 7) is 4.88. The molecule has 7 heteroatoms. The summed E-state index contributed by atoms with van der Waals surface area (Å²) in [5.74, 6) is -1.43. The van der Waals surface area contributed by atoms with Crippen LogP contribution in [0.1, 0.15) is 20.8 Å². The summed E-state index contributed by atoms with van der Waals surface area (Å²) in [6.07, 6.45) is 0. The van der Waals surface area contributed by atoms with Crippen molar-refractivity contribution in [3.05, 3.63) is 0 Å². The van der Waals surface area contributed by atoms with Gasteiger partial charge in [-0.1, -0.05) is 0 Å². The number of aliphatic carboxylic acids is 1. The first-order valence-corrected chi connectivity index (χ1v) is 5.13. The largest absolute Gasteiger partial charge is 0.480 e. The molecule has 3 N–H and O–H groups in total. The summed E-state index contributed by atoms with van der Waals surface area (Å²) in [6, 6.07) is -0.601. The molecule has 0 bridgehead atoms. The summed E-state index contributed by atoms with van der Waals surface area (Å²) in [5, 5.41) is 13.4. The molecule has 0 unspecified atom stereocenters. The zero-order valence-electron chi connectivity index (χ0n) is 10.5. The molecule has 0 radical (unpaired) electrons. The van der Waals surface area contributed by atoms with Gasteiger partial charge in [-0.25, -0.2) is 4.79 Å². The van der Waals surface area contributed by atoms with Gasteiger partial charge in [0.25, 0.3) is 0 Å². The number of carbonyl (C=O) groups excluding carboxylic acids is 2. The third kappa shape index (κ3) is 8.06. The molecule has 0 fully saturated rings. The number of nitrogens with zero attached hydrogens (tertiary/aromatic N) is 1. The van der Waals surface area contributed by atoms with E-state index in [1.807, 2.05) is 20.8 Å². The van der Waals surface area contributed by atoms with Crippen LogP contribution >= 0.6 is 0 Å². The molecule has 0 aromatic heterocycles. The first kappa shape index (κ1) is 15.2. The van der Waals surface area contributed by atoms with Crippen LogP contribution in [0.3, 0.4) is 0 Å². The molecule has 0 rings (SSSR count). The molecular weight excluding hydrogens is 226 g/mol. The van der Waals surface area contributed by atoms with Gasteiger partial charge in [0.2, 0.25) is 5.91 Å². The number of nitrogens with one attached hydrogen (secondary N) is 2. The molecule has 0 saturated heterocycles. The second kappa shape index (κ2) is 6.07. The summed E-state index contributed by atoms with van der Waals surface area (Å²) in [4.78, 5) is 34.0. The monoisotopic (exact) mass is 245 g/mol. The van der Waals surface area contributed by atoms with E-state index in [1.165, 1.54) is 7.05 Å². The fourth-order valence-electron chi connectivity index (χ4n) is 1.03. The lowest BCUT2D eigenvalue weighted by atomic mass is 10.1. The number of carboxylic acids is 1. The SMILES string of the molecule is CN(CC(=O)O)C(=O)NCC(=O)NC(C)(C)C. The predicted octanol–water partition coefficient (Wildman–Crippen LogP) is -0.373. The molecule has 17 heavy (non-hydrogen) atoms. The van der Waals surface area contributed by atoms with Gasteiger partial charge in [-0.05, 0) is 20.8 Å². The molecule has 98 valence electrons. The van der Waals surface area contributed by atoms with Crippen molar-refractivity contribution in [3.8, 4) is 0 Å². The van der Waals surface area contributed by atoms with Crippen LogP contribution in [0.15, 0.2) is 0 Å². The molecule has 0 aliphatic carbocycles. The van der Waals surface area contributed by atoms with Crippen molar-refractivity contribution in [1.29, 1.82) is 0 Å². The Kier molecular flexibility index (Phi) is 5.43. The van der Waals surface area contributed by atoms with E-state index in [4.69, 9.17) is 5.11 Å². The number of likely N-dealkylation sites (N-methyl/N-ethyl adjacent to an activating group) is 1. The minimum absolute atomic E-state index is 0.180. The summed E-state index contributed by atoms with van der Waals surface area (Å²) >= 11 is 0. The molecule has 0 atom stereocenters. The van der Waals surface area contributed by atoms with Crippen molar-refractivity contribution >= 4 is 17.9 Å². The average Bonchev–Trinajstić information content (AvgIpc) is 2.10. The van der Waals surface area contributed by atoms with E-state index in [9.17, 15) is 14.4 Å². The average molecular weight is 245 g/mol. The maximum atomic E-state index is 11.3. The van der Waals surface area contributed by atoms with Gasteiger partial charge in [0.05, 0.1) is 6.54 Å². The van der Waals surface area contributed by atoms with Gasteiger partial charge in [-0.15, -0.1) is 0 Å². The molecule has 0 heterocycles. The van der Waals surface area contributed by atoms with Crippen molar-refractivity contribution in [2.75, 3.05) is 20.1 Å². The van der Waals surface area contributed by atoms with Crippen LogP contribution in [0.2, 0.25) is 0 Å². The first-order chi connectivity index (χ1) is 7.61. The topological polar surface area (TPSA) is 98.7 Å². The minimum atomic E-state index is -1.11. The van der Waals surface area contributed by atoms with Crippen LogP contribution in [0.25, 0.3) is 0 Å². The van der Waals surface area contributed by atoms with Crippen LogP contribution in [-0.2, 0) is 9.59 Å². The maximum absolute atomic E-state index is 11.3. The van der Waals surface area contributed by atoms with E-state index in [0.29, 0.717) is 0 Å². The van der Waals surface area contributed by atoms with Gasteiger partial charge in [0.1, 0.15) is 6.54 Å². The molecule has 0 aromatic carbocycles. The van der Waals surface area contributed by atoms with Crippen molar-refractivity contribution in [2.24, 2.45) is 0 Å². The second-order valence-corrected chi connectivity index (χ2v) is 4.71. The zero-order chi connectivity index (χ0) is 13.6. The Bertz CT molecular complexity index is 309. The smallest absolute Gasteiger partial charge is 0.323 e. The van der Waals surface area contributed by atoms with Crippen molar-refractivity contribution in [2.45, 2.75) is 26.3 Å². The van der Waals surface area contributed by atoms with E-state index in [-0.39, 0.29) is 18.0 Å². The second-order valence-electron chi connectivity index (χ2n) is 4.71. The summed E-state index contributed by atoms with van der Waals surface area (Å²) in [5.41, 5.74) is -0.366. The zero-order valence-corrected chi connectivity index (χ0v) is 10.5. The Morgan fingerprint density at radius 1 is 1.24 bits per heavy atom. The van der Waals surface area contributed by atoms with Crippen molar-refractivity contribution in [3.63, 3.8) is 0 Å². The lowest BCUT2D eigenvalue weighted by Crippen LogP contribution is -2.48. The first-order valence-electron chi connectivity index (χ1n) is 5.13. The Labute approximate surface area is 100 Å². The van der Waals surface area contributed by atoms with Crippen LogP contribution in [0, 0.1) is 0 Å². The Morgan fingerprint density at radius 2 is 1.76 bits per heavy atom. The quantitative estimate of drug-likeness (QED) is 0.629. The normalized spacial score (nSPS) is 10.6. The number of amides is 3. The lowest BCUT2D eigenvalue weighted by Gasteiger charge is -2.21. The highest BCUT2D eigenvalue weighted by molar-refractivity contribution is 5.85. The predicted molar refractivity (Wildman–Crippen MR) is 61.6 cm³/mol. The Balaban J connectivity index is 4.00. The van der Waals surface area contributed by atoms with E-state index < -0.39 is 18.5 Å². The summed E-state index contributed by atoms with van der Waals surface area (Å²) < 4.78 is 0. The van der Waals surface area contributed by atoms with Crippen molar-refractivity contribution < 1.29 is 19.5 Å². The highest BCUT2D eigenvalue weighted by atomic mass is 16.4. The van der Waals surface area contributed by atoms with E-state index in [2.05, 4.69) is 10.6 Å². The van der Waals surface area contributed by atoms with E-state index in [0.717, 1.165) is 4.90 Å². The highest BCUT2D eigenvalue weighted by Crippen LogP contribution is 1.97.